The van der Waals surface area contributed by atoms with Gasteiger partial charge < -0.3 is 15.0 Å². The fourth-order valence-electron chi connectivity index (χ4n) is 3.95. The predicted molar refractivity (Wildman–Crippen MR) is 99.8 cm³/mol. The zero-order valence-corrected chi connectivity index (χ0v) is 14.5. The molecule has 2 heterocycles. The quantitative estimate of drug-likeness (QED) is 0.916. The Bertz CT molecular complexity index is 741. The SMILES string of the molecule is C[C@@H]1C[C@@H](Nc2ccccc2)c2ccccc2N1C(=O)[C@@H]1CCCO1. The van der Waals surface area contributed by atoms with Gasteiger partial charge in [-0.25, -0.2) is 0 Å². The van der Waals surface area contributed by atoms with Crippen molar-refractivity contribution in [3.05, 3.63) is 60.2 Å². The van der Waals surface area contributed by atoms with E-state index in [4.69, 9.17) is 4.74 Å². The molecule has 2 aliphatic heterocycles. The zero-order chi connectivity index (χ0) is 17.2. The molecule has 2 aromatic rings. The molecule has 0 aliphatic carbocycles. The number of amides is 1. The van der Waals surface area contributed by atoms with Crippen molar-refractivity contribution in [1.82, 2.24) is 0 Å². The molecule has 25 heavy (non-hydrogen) atoms. The average Bonchev–Trinajstić information content (AvgIpc) is 3.17. The van der Waals surface area contributed by atoms with Gasteiger partial charge in [-0.15, -0.1) is 0 Å². The maximum atomic E-state index is 13.0. The van der Waals surface area contributed by atoms with Crippen LogP contribution in [0.3, 0.4) is 0 Å². The third-order valence-electron chi connectivity index (χ3n) is 5.15. The maximum absolute atomic E-state index is 13.0. The number of hydrogen-bond acceptors (Lipinski definition) is 3. The largest absolute Gasteiger partial charge is 0.378 e. The van der Waals surface area contributed by atoms with Crippen LogP contribution in [0, 0.1) is 0 Å². The molecular weight excluding hydrogens is 312 g/mol. The molecule has 0 aromatic heterocycles. The van der Waals surface area contributed by atoms with Gasteiger partial charge in [0, 0.05) is 24.0 Å². The Morgan fingerprint density at radius 2 is 1.88 bits per heavy atom. The van der Waals surface area contributed by atoms with Crippen LogP contribution in [-0.2, 0) is 9.53 Å². The zero-order valence-electron chi connectivity index (χ0n) is 14.5. The Balaban J connectivity index is 1.64. The molecule has 0 spiro atoms. The topological polar surface area (TPSA) is 41.6 Å². The van der Waals surface area contributed by atoms with E-state index in [1.807, 2.05) is 35.2 Å². The van der Waals surface area contributed by atoms with E-state index in [-0.39, 0.29) is 24.1 Å². The molecule has 2 aromatic carbocycles. The lowest BCUT2D eigenvalue weighted by atomic mass is 9.91. The molecule has 0 unspecified atom stereocenters. The highest BCUT2D eigenvalue weighted by Crippen LogP contribution is 2.39. The molecule has 4 rings (SSSR count). The number of para-hydroxylation sites is 2. The van der Waals surface area contributed by atoms with Crippen molar-refractivity contribution in [3.8, 4) is 0 Å². The van der Waals surface area contributed by atoms with Gasteiger partial charge in [-0.1, -0.05) is 36.4 Å². The van der Waals surface area contributed by atoms with Crippen LogP contribution in [0.2, 0.25) is 0 Å². The Labute approximate surface area is 148 Å². The maximum Gasteiger partial charge on any atom is 0.256 e. The van der Waals surface area contributed by atoms with E-state index in [1.165, 1.54) is 5.56 Å². The Morgan fingerprint density at radius 3 is 2.64 bits per heavy atom. The highest BCUT2D eigenvalue weighted by Gasteiger charge is 2.37. The number of benzene rings is 2. The van der Waals surface area contributed by atoms with Crippen molar-refractivity contribution >= 4 is 17.3 Å². The summed E-state index contributed by atoms with van der Waals surface area (Å²) in [6.07, 6.45) is 2.40. The smallest absolute Gasteiger partial charge is 0.256 e. The molecule has 1 N–H and O–H groups in total. The average molecular weight is 336 g/mol. The molecule has 3 atom stereocenters. The molecule has 4 heteroatoms. The summed E-state index contributed by atoms with van der Waals surface area (Å²) >= 11 is 0. The fraction of sp³-hybridized carbons (Fsp3) is 0.381. The lowest BCUT2D eigenvalue weighted by Gasteiger charge is -2.40. The van der Waals surface area contributed by atoms with Gasteiger partial charge in [0.2, 0.25) is 0 Å². The molecule has 1 fully saturated rings. The van der Waals surface area contributed by atoms with Crippen LogP contribution in [0.4, 0.5) is 11.4 Å². The van der Waals surface area contributed by atoms with Gasteiger partial charge in [0.05, 0.1) is 6.04 Å². The molecule has 0 saturated carbocycles. The molecule has 2 aliphatic rings. The van der Waals surface area contributed by atoms with E-state index in [2.05, 4.69) is 36.5 Å². The van der Waals surface area contributed by atoms with E-state index in [9.17, 15) is 4.79 Å². The van der Waals surface area contributed by atoms with Crippen LogP contribution in [0.15, 0.2) is 54.6 Å². The summed E-state index contributed by atoms with van der Waals surface area (Å²) in [6.45, 7) is 2.82. The van der Waals surface area contributed by atoms with Crippen LogP contribution in [0.5, 0.6) is 0 Å². The number of hydrogen-bond donors (Lipinski definition) is 1. The van der Waals surface area contributed by atoms with Crippen molar-refractivity contribution in [1.29, 1.82) is 0 Å². The number of carbonyl (C=O) groups is 1. The van der Waals surface area contributed by atoms with Crippen molar-refractivity contribution in [2.24, 2.45) is 0 Å². The number of nitrogens with one attached hydrogen (secondary N) is 1. The number of nitrogens with zero attached hydrogens (tertiary/aromatic N) is 1. The highest BCUT2D eigenvalue weighted by atomic mass is 16.5. The van der Waals surface area contributed by atoms with Crippen LogP contribution in [-0.4, -0.2) is 24.7 Å². The van der Waals surface area contributed by atoms with Gasteiger partial charge >= 0.3 is 0 Å². The summed E-state index contributed by atoms with van der Waals surface area (Å²) < 4.78 is 5.65. The van der Waals surface area contributed by atoms with Crippen molar-refractivity contribution in [2.75, 3.05) is 16.8 Å². The van der Waals surface area contributed by atoms with Gasteiger partial charge in [0.15, 0.2) is 0 Å². The van der Waals surface area contributed by atoms with Crippen LogP contribution in [0.1, 0.15) is 37.8 Å². The standard InChI is InChI=1S/C21H24N2O2/c1-15-14-18(22-16-8-3-2-4-9-16)17-10-5-6-11-19(17)23(15)21(24)20-12-7-13-25-20/h2-6,8-11,15,18,20,22H,7,12-14H2,1H3/t15-,18-,20+/m1/s1. The third kappa shape index (κ3) is 3.14. The highest BCUT2D eigenvalue weighted by molar-refractivity contribution is 5.98. The minimum absolute atomic E-state index is 0.107. The number of anilines is 2. The molecule has 0 radical (unpaired) electrons. The van der Waals surface area contributed by atoms with E-state index >= 15 is 0 Å². The number of rotatable bonds is 3. The van der Waals surface area contributed by atoms with E-state index < -0.39 is 0 Å². The Hall–Kier alpha value is -2.33. The van der Waals surface area contributed by atoms with Gasteiger partial charge in [0.25, 0.3) is 5.91 Å². The second-order valence-electron chi connectivity index (χ2n) is 6.92. The molecule has 130 valence electrons. The van der Waals surface area contributed by atoms with Crippen molar-refractivity contribution < 1.29 is 9.53 Å². The molecule has 1 saturated heterocycles. The molecule has 0 bridgehead atoms. The number of carbonyl (C=O) groups excluding carboxylic acids is 1. The van der Waals surface area contributed by atoms with Gasteiger partial charge in [-0.3, -0.25) is 4.79 Å². The third-order valence-corrected chi connectivity index (χ3v) is 5.15. The summed E-state index contributed by atoms with van der Waals surface area (Å²) in [7, 11) is 0. The second-order valence-corrected chi connectivity index (χ2v) is 6.92. The first-order valence-corrected chi connectivity index (χ1v) is 9.09. The van der Waals surface area contributed by atoms with E-state index in [1.54, 1.807) is 0 Å². The predicted octanol–water partition coefficient (Wildman–Crippen LogP) is 4.14. The first-order valence-electron chi connectivity index (χ1n) is 9.09. The fourth-order valence-corrected chi connectivity index (χ4v) is 3.95. The van der Waals surface area contributed by atoms with Gasteiger partial charge in [-0.2, -0.15) is 0 Å². The monoisotopic (exact) mass is 336 g/mol. The lowest BCUT2D eigenvalue weighted by Crippen LogP contribution is -2.48. The van der Waals surface area contributed by atoms with Crippen molar-refractivity contribution in [2.45, 2.75) is 44.4 Å². The molecule has 1 amide bonds. The summed E-state index contributed by atoms with van der Waals surface area (Å²) in [5, 5.41) is 3.63. The summed E-state index contributed by atoms with van der Waals surface area (Å²) in [5.41, 5.74) is 3.29. The van der Waals surface area contributed by atoms with Crippen LogP contribution < -0.4 is 10.2 Å². The van der Waals surface area contributed by atoms with Gasteiger partial charge in [0.1, 0.15) is 6.10 Å². The van der Waals surface area contributed by atoms with E-state index in [0.717, 1.165) is 30.6 Å². The van der Waals surface area contributed by atoms with Gasteiger partial charge in [-0.05, 0) is 49.9 Å². The minimum Gasteiger partial charge on any atom is -0.378 e. The first-order chi connectivity index (χ1) is 12.2. The lowest BCUT2D eigenvalue weighted by molar-refractivity contribution is -0.127. The normalized spacial score (nSPS) is 25.5. The number of fused-ring (bicyclic) bond motifs is 1. The Morgan fingerprint density at radius 1 is 1.12 bits per heavy atom. The molecule has 4 nitrogen and oxygen atoms in total. The Kier molecular flexibility index (Phi) is 4.45. The summed E-state index contributed by atoms with van der Waals surface area (Å²) in [6, 6.07) is 18.8. The molecular formula is C21H24N2O2. The van der Waals surface area contributed by atoms with Crippen LogP contribution in [0.25, 0.3) is 0 Å². The van der Waals surface area contributed by atoms with E-state index in [0.29, 0.717) is 6.61 Å². The van der Waals surface area contributed by atoms with Crippen LogP contribution >= 0.6 is 0 Å². The summed E-state index contributed by atoms with van der Waals surface area (Å²) in [4.78, 5) is 15.0. The minimum atomic E-state index is -0.283. The van der Waals surface area contributed by atoms with Crippen molar-refractivity contribution in [3.63, 3.8) is 0 Å². The number of ether oxygens (including phenoxy) is 1. The second kappa shape index (κ2) is 6.89. The first kappa shape index (κ1) is 16.2. The summed E-state index contributed by atoms with van der Waals surface area (Å²) in [5.74, 6) is 0.107.